The van der Waals surface area contributed by atoms with Crippen LogP contribution < -0.4 is 0 Å². The lowest BCUT2D eigenvalue weighted by molar-refractivity contribution is 0.0665. The summed E-state index contributed by atoms with van der Waals surface area (Å²) in [5.74, 6) is 1.23. The molecule has 0 N–H and O–H groups in total. The first-order chi connectivity index (χ1) is 11.3. The fourth-order valence-corrected chi connectivity index (χ4v) is 4.83. The van der Waals surface area contributed by atoms with E-state index in [9.17, 15) is 13.2 Å². The molecule has 2 aromatic rings. The predicted molar refractivity (Wildman–Crippen MR) is 91.8 cm³/mol. The first-order valence-electron chi connectivity index (χ1n) is 7.66. The number of halogens is 1. The van der Waals surface area contributed by atoms with Crippen LogP contribution in [0, 0.1) is 6.92 Å². The summed E-state index contributed by atoms with van der Waals surface area (Å²) >= 11 is 5.98. The van der Waals surface area contributed by atoms with E-state index in [2.05, 4.69) is 0 Å². The zero-order chi connectivity index (χ0) is 17.3. The van der Waals surface area contributed by atoms with Crippen LogP contribution in [0.25, 0.3) is 0 Å². The Kier molecular flexibility index (Phi) is 4.69. The molecule has 5 nitrogen and oxygen atoms in total. The van der Waals surface area contributed by atoms with E-state index >= 15 is 0 Å². The van der Waals surface area contributed by atoms with Crippen LogP contribution in [0.15, 0.2) is 40.8 Å². The van der Waals surface area contributed by atoms with E-state index in [1.54, 1.807) is 35.2 Å². The fraction of sp³-hybridized carbons (Fsp3) is 0.353. The Bertz CT molecular complexity index is 859. The maximum absolute atomic E-state index is 12.9. The number of nitrogens with zero attached hydrogens (tertiary/aromatic N) is 1. The molecule has 1 aliphatic heterocycles. The number of amides is 1. The minimum Gasteiger partial charge on any atom is -0.464 e. The summed E-state index contributed by atoms with van der Waals surface area (Å²) < 4.78 is 29.2. The van der Waals surface area contributed by atoms with E-state index in [4.69, 9.17) is 16.0 Å². The third-order valence-corrected chi connectivity index (χ3v) is 6.09. The van der Waals surface area contributed by atoms with Crippen LogP contribution >= 0.6 is 11.6 Å². The Morgan fingerprint density at radius 2 is 2.12 bits per heavy atom. The lowest BCUT2D eigenvalue weighted by Gasteiger charge is -2.27. The first-order valence-corrected chi connectivity index (χ1v) is 9.86. The molecule has 0 aliphatic carbocycles. The molecule has 128 valence electrons. The molecular formula is C17H18ClNO4S. The minimum atomic E-state index is -3.10. The van der Waals surface area contributed by atoms with Crippen molar-refractivity contribution in [2.75, 3.05) is 11.5 Å². The van der Waals surface area contributed by atoms with E-state index < -0.39 is 9.84 Å². The average Bonchev–Trinajstić information content (AvgIpc) is 3.09. The van der Waals surface area contributed by atoms with Crippen LogP contribution in [-0.4, -0.2) is 36.8 Å². The van der Waals surface area contributed by atoms with Crippen molar-refractivity contribution in [1.29, 1.82) is 0 Å². The van der Waals surface area contributed by atoms with Gasteiger partial charge >= 0.3 is 0 Å². The van der Waals surface area contributed by atoms with Crippen LogP contribution in [0.5, 0.6) is 0 Å². The molecule has 1 amide bonds. The Morgan fingerprint density at radius 1 is 1.33 bits per heavy atom. The molecule has 1 saturated heterocycles. The lowest BCUT2D eigenvalue weighted by Crippen LogP contribution is -2.40. The Labute approximate surface area is 146 Å². The van der Waals surface area contributed by atoms with Gasteiger partial charge in [-0.15, -0.1) is 0 Å². The van der Waals surface area contributed by atoms with Crippen molar-refractivity contribution in [2.45, 2.75) is 25.9 Å². The molecule has 0 bridgehead atoms. The summed E-state index contributed by atoms with van der Waals surface area (Å²) in [5.41, 5.74) is 0.440. The second kappa shape index (κ2) is 6.61. The smallest absolute Gasteiger partial charge is 0.254 e. The summed E-state index contributed by atoms with van der Waals surface area (Å²) in [7, 11) is -3.10. The zero-order valence-electron chi connectivity index (χ0n) is 13.2. The molecule has 0 radical (unpaired) electrons. The third-order valence-electron chi connectivity index (χ3n) is 4.10. The molecule has 1 fully saturated rings. The molecule has 1 aromatic heterocycles. The number of furan rings is 1. The number of rotatable bonds is 4. The Hall–Kier alpha value is -1.79. The average molecular weight is 368 g/mol. The van der Waals surface area contributed by atoms with Gasteiger partial charge in [0.05, 0.1) is 18.1 Å². The Morgan fingerprint density at radius 3 is 2.71 bits per heavy atom. The van der Waals surface area contributed by atoms with Crippen molar-refractivity contribution in [1.82, 2.24) is 4.90 Å². The maximum atomic E-state index is 12.9. The van der Waals surface area contributed by atoms with Gasteiger partial charge in [0, 0.05) is 16.6 Å². The SMILES string of the molecule is Cc1ccc(CN(C(=O)c2cccc(Cl)c2)[C@@H]2CCS(=O)(=O)C2)o1. The van der Waals surface area contributed by atoms with Gasteiger partial charge in [-0.1, -0.05) is 17.7 Å². The van der Waals surface area contributed by atoms with Crippen LogP contribution in [0.3, 0.4) is 0 Å². The van der Waals surface area contributed by atoms with Gasteiger partial charge in [-0.05, 0) is 43.7 Å². The number of carbonyl (C=O) groups excluding carboxylic acids is 1. The summed E-state index contributed by atoms with van der Waals surface area (Å²) in [5, 5.41) is 0.466. The summed E-state index contributed by atoms with van der Waals surface area (Å²) in [6.07, 6.45) is 0.439. The van der Waals surface area contributed by atoms with Crippen LogP contribution in [0.4, 0.5) is 0 Å². The molecule has 3 rings (SSSR count). The predicted octanol–water partition coefficient (Wildman–Crippen LogP) is 3.07. The maximum Gasteiger partial charge on any atom is 0.254 e. The molecule has 24 heavy (non-hydrogen) atoms. The highest BCUT2D eigenvalue weighted by atomic mass is 35.5. The van der Waals surface area contributed by atoms with Crippen molar-refractivity contribution in [3.8, 4) is 0 Å². The van der Waals surface area contributed by atoms with Crippen molar-refractivity contribution >= 4 is 27.3 Å². The second-order valence-electron chi connectivity index (χ2n) is 6.01. The molecule has 7 heteroatoms. The van der Waals surface area contributed by atoms with E-state index in [-0.39, 0.29) is 30.0 Å². The number of carbonyl (C=O) groups is 1. The summed E-state index contributed by atoms with van der Waals surface area (Å²) in [4.78, 5) is 14.5. The Balaban J connectivity index is 1.90. The molecule has 1 atom stereocenters. The molecule has 1 aromatic carbocycles. The van der Waals surface area contributed by atoms with E-state index in [0.717, 1.165) is 5.76 Å². The van der Waals surface area contributed by atoms with Crippen molar-refractivity contribution in [3.63, 3.8) is 0 Å². The highest BCUT2D eigenvalue weighted by molar-refractivity contribution is 7.91. The van der Waals surface area contributed by atoms with Crippen molar-refractivity contribution in [3.05, 3.63) is 58.5 Å². The standard InChI is InChI=1S/C17H18ClNO4S/c1-12-5-6-16(23-12)10-19(15-7-8-24(21,22)11-15)17(20)13-3-2-4-14(18)9-13/h2-6,9,15H,7-8,10-11H2,1H3/t15-/m1/s1. The highest BCUT2D eigenvalue weighted by Crippen LogP contribution is 2.24. The molecule has 0 unspecified atom stereocenters. The summed E-state index contributed by atoms with van der Waals surface area (Å²) in [6.45, 7) is 2.06. The molecule has 0 spiro atoms. The lowest BCUT2D eigenvalue weighted by atomic mass is 10.1. The third kappa shape index (κ3) is 3.82. The van der Waals surface area contributed by atoms with Gasteiger partial charge in [0.2, 0.25) is 0 Å². The van der Waals surface area contributed by atoms with Gasteiger partial charge < -0.3 is 9.32 Å². The molecule has 0 saturated carbocycles. The zero-order valence-corrected chi connectivity index (χ0v) is 14.8. The fourth-order valence-electron chi connectivity index (χ4n) is 2.91. The highest BCUT2D eigenvalue weighted by Gasteiger charge is 2.35. The second-order valence-corrected chi connectivity index (χ2v) is 8.68. The van der Waals surface area contributed by atoms with E-state index in [0.29, 0.717) is 22.8 Å². The topological polar surface area (TPSA) is 67.6 Å². The molecule has 2 heterocycles. The summed E-state index contributed by atoms with van der Waals surface area (Å²) in [6, 6.07) is 9.94. The largest absolute Gasteiger partial charge is 0.464 e. The minimum absolute atomic E-state index is 0.0149. The van der Waals surface area contributed by atoms with Crippen LogP contribution in [0.1, 0.15) is 28.3 Å². The van der Waals surface area contributed by atoms with Gasteiger partial charge in [-0.3, -0.25) is 4.79 Å². The van der Waals surface area contributed by atoms with Gasteiger partial charge in [-0.25, -0.2) is 8.42 Å². The van der Waals surface area contributed by atoms with E-state index in [1.165, 1.54) is 0 Å². The van der Waals surface area contributed by atoms with Crippen LogP contribution in [0.2, 0.25) is 5.02 Å². The van der Waals surface area contributed by atoms with Crippen molar-refractivity contribution in [2.24, 2.45) is 0 Å². The quantitative estimate of drug-likeness (QED) is 0.832. The number of benzene rings is 1. The normalized spacial score (nSPS) is 19.3. The molecule has 1 aliphatic rings. The molecular weight excluding hydrogens is 350 g/mol. The monoisotopic (exact) mass is 367 g/mol. The van der Waals surface area contributed by atoms with Gasteiger partial charge in [0.15, 0.2) is 9.84 Å². The number of sulfone groups is 1. The number of hydrogen-bond donors (Lipinski definition) is 0. The van der Waals surface area contributed by atoms with E-state index in [1.807, 2.05) is 13.0 Å². The van der Waals surface area contributed by atoms with Gasteiger partial charge in [-0.2, -0.15) is 0 Å². The number of aryl methyl sites for hydroxylation is 1. The number of hydrogen-bond acceptors (Lipinski definition) is 4. The van der Waals surface area contributed by atoms with Gasteiger partial charge in [0.25, 0.3) is 5.91 Å². The first kappa shape index (κ1) is 17.0. The van der Waals surface area contributed by atoms with Crippen molar-refractivity contribution < 1.29 is 17.6 Å². The van der Waals surface area contributed by atoms with Crippen LogP contribution in [-0.2, 0) is 16.4 Å². The van der Waals surface area contributed by atoms with Gasteiger partial charge in [0.1, 0.15) is 11.5 Å².